The predicted molar refractivity (Wildman–Crippen MR) is 118 cm³/mol. The highest BCUT2D eigenvalue weighted by Gasteiger charge is 2.19. The summed E-state index contributed by atoms with van der Waals surface area (Å²) >= 11 is 0. The van der Waals surface area contributed by atoms with Gasteiger partial charge < -0.3 is 20.1 Å². The molecule has 1 aliphatic rings. The predicted octanol–water partition coefficient (Wildman–Crippen LogP) is 2.90. The summed E-state index contributed by atoms with van der Waals surface area (Å²) in [5.41, 5.74) is 1.38. The maximum Gasteiger partial charge on any atom is 0.191 e. The largest absolute Gasteiger partial charge is 0.497 e. The molecule has 3 rings (SSSR count). The van der Waals surface area contributed by atoms with Crippen LogP contribution in [0.1, 0.15) is 18.4 Å². The van der Waals surface area contributed by atoms with Crippen molar-refractivity contribution >= 4 is 5.96 Å². The molecule has 1 heterocycles. The number of piperidine rings is 1. The van der Waals surface area contributed by atoms with Crippen molar-refractivity contribution in [1.82, 2.24) is 15.5 Å². The summed E-state index contributed by atoms with van der Waals surface area (Å²) in [6.07, 6.45) is 2.24. The lowest BCUT2D eigenvalue weighted by Crippen LogP contribution is -2.49. The zero-order valence-electron chi connectivity index (χ0n) is 17.4. The molecule has 0 bridgehead atoms. The third-order valence-electron chi connectivity index (χ3n) is 5.12. The average molecular weight is 397 g/mol. The van der Waals surface area contributed by atoms with Gasteiger partial charge in [-0.3, -0.25) is 9.89 Å². The van der Waals surface area contributed by atoms with Gasteiger partial charge in [0.25, 0.3) is 0 Å². The van der Waals surface area contributed by atoms with Gasteiger partial charge in [0.1, 0.15) is 18.1 Å². The van der Waals surface area contributed by atoms with Crippen molar-refractivity contribution in [2.45, 2.75) is 25.4 Å². The van der Waals surface area contributed by atoms with Crippen LogP contribution in [-0.2, 0) is 6.54 Å². The number of benzene rings is 2. The number of ether oxygens (including phenoxy) is 2. The van der Waals surface area contributed by atoms with Crippen LogP contribution in [0.2, 0.25) is 0 Å². The van der Waals surface area contributed by atoms with Crippen molar-refractivity contribution < 1.29 is 9.47 Å². The third kappa shape index (κ3) is 6.98. The van der Waals surface area contributed by atoms with E-state index in [9.17, 15) is 0 Å². The van der Waals surface area contributed by atoms with Crippen LogP contribution in [0, 0.1) is 0 Å². The molecule has 156 valence electrons. The molecule has 0 atom stereocenters. The average Bonchev–Trinajstić information content (AvgIpc) is 2.78. The summed E-state index contributed by atoms with van der Waals surface area (Å²) in [4.78, 5) is 6.87. The Bertz CT molecular complexity index is 741. The molecule has 0 radical (unpaired) electrons. The van der Waals surface area contributed by atoms with E-state index in [0.717, 1.165) is 49.9 Å². The molecule has 2 aromatic rings. The standard InChI is InChI=1S/C23H32N4O2/c1-24-23(25-14-17-29-22-10-8-21(28-2)9-11-22)26-20-12-15-27(16-13-20)18-19-6-4-3-5-7-19/h3-11,20H,12-18H2,1-2H3,(H2,24,25,26). The van der Waals surface area contributed by atoms with Crippen molar-refractivity contribution in [2.75, 3.05) is 40.4 Å². The molecule has 2 N–H and O–H groups in total. The van der Waals surface area contributed by atoms with Gasteiger partial charge in [0.2, 0.25) is 0 Å². The number of rotatable bonds is 8. The Kier molecular flexibility index (Phi) is 8.19. The number of hydrogen-bond donors (Lipinski definition) is 2. The van der Waals surface area contributed by atoms with E-state index in [0.29, 0.717) is 19.2 Å². The second-order valence-electron chi connectivity index (χ2n) is 7.20. The van der Waals surface area contributed by atoms with Gasteiger partial charge >= 0.3 is 0 Å². The number of likely N-dealkylation sites (tertiary alicyclic amines) is 1. The Balaban J connectivity index is 1.33. The Morgan fingerprint density at radius 2 is 1.72 bits per heavy atom. The zero-order valence-corrected chi connectivity index (χ0v) is 17.4. The molecular weight excluding hydrogens is 364 g/mol. The maximum absolute atomic E-state index is 5.75. The maximum atomic E-state index is 5.75. The van der Waals surface area contributed by atoms with Crippen LogP contribution in [0.5, 0.6) is 11.5 Å². The smallest absolute Gasteiger partial charge is 0.191 e. The lowest BCUT2D eigenvalue weighted by atomic mass is 10.0. The summed E-state index contributed by atoms with van der Waals surface area (Å²) in [7, 11) is 3.47. The second-order valence-corrected chi connectivity index (χ2v) is 7.20. The minimum atomic E-state index is 0.454. The van der Waals surface area contributed by atoms with E-state index < -0.39 is 0 Å². The molecule has 1 aliphatic heterocycles. The molecule has 0 amide bonds. The number of nitrogens with zero attached hydrogens (tertiary/aromatic N) is 2. The molecule has 1 saturated heterocycles. The third-order valence-corrected chi connectivity index (χ3v) is 5.12. The summed E-state index contributed by atoms with van der Waals surface area (Å²) in [6.45, 7) is 4.50. The Hall–Kier alpha value is -2.73. The molecule has 6 heteroatoms. The molecule has 29 heavy (non-hydrogen) atoms. The van der Waals surface area contributed by atoms with E-state index in [1.54, 1.807) is 7.11 Å². The van der Waals surface area contributed by atoms with E-state index >= 15 is 0 Å². The molecule has 0 unspecified atom stereocenters. The Labute approximate surface area is 173 Å². The quantitative estimate of drug-likeness (QED) is 0.408. The van der Waals surface area contributed by atoms with Gasteiger partial charge in [-0.2, -0.15) is 0 Å². The second kappa shape index (κ2) is 11.3. The van der Waals surface area contributed by atoms with Crippen molar-refractivity contribution in [2.24, 2.45) is 4.99 Å². The molecule has 0 saturated carbocycles. The summed E-state index contributed by atoms with van der Waals surface area (Å²) in [5.74, 6) is 2.50. The van der Waals surface area contributed by atoms with Crippen molar-refractivity contribution in [3.05, 3.63) is 60.2 Å². The summed E-state index contributed by atoms with van der Waals surface area (Å²) < 4.78 is 10.9. The minimum absolute atomic E-state index is 0.454. The van der Waals surface area contributed by atoms with E-state index in [4.69, 9.17) is 9.47 Å². The Morgan fingerprint density at radius 3 is 2.38 bits per heavy atom. The first-order valence-corrected chi connectivity index (χ1v) is 10.3. The molecule has 0 aromatic heterocycles. The van der Waals surface area contributed by atoms with E-state index in [1.165, 1.54) is 5.56 Å². The molecule has 6 nitrogen and oxygen atoms in total. The number of nitrogens with one attached hydrogen (secondary N) is 2. The van der Waals surface area contributed by atoms with Gasteiger partial charge in [-0.05, 0) is 42.7 Å². The van der Waals surface area contributed by atoms with Crippen LogP contribution in [0.4, 0.5) is 0 Å². The molecule has 0 aliphatic carbocycles. The Morgan fingerprint density at radius 1 is 1.03 bits per heavy atom. The van der Waals surface area contributed by atoms with Gasteiger partial charge in [0, 0.05) is 32.7 Å². The normalized spacial score (nSPS) is 15.7. The fourth-order valence-corrected chi connectivity index (χ4v) is 3.48. The SMILES string of the molecule is CN=C(NCCOc1ccc(OC)cc1)NC1CCN(Cc2ccccc2)CC1. The van der Waals surface area contributed by atoms with Crippen molar-refractivity contribution in [1.29, 1.82) is 0 Å². The number of aliphatic imine (C=N–C) groups is 1. The first-order chi connectivity index (χ1) is 14.3. The lowest BCUT2D eigenvalue weighted by molar-refractivity contribution is 0.198. The molecule has 1 fully saturated rings. The van der Waals surface area contributed by atoms with Gasteiger partial charge in [-0.15, -0.1) is 0 Å². The minimum Gasteiger partial charge on any atom is -0.497 e. The monoisotopic (exact) mass is 396 g/mol. The lowest BCUT2D eigenvalue weighted by Gasteiger charge is -2.33. The topological polar surface area (TPSA) is 58.1 Å². The number of guanidine groups is 1. The van der Waals surface area contributed by atoms with Gasteiger partial charge in [0.15, 0.2) is 5.96 Å². The van der Waals surface area contributed by atoms with Crippen LogP contribution in [0.15, 0.2) is 59.6 Å². The number of methoxy groups -OCH3 is 1. The summed E-state index contributed by atoms with van der Waals surface area (Å²) in [6, 6.07) is 18.8. The van der Waals surface area contributed by atoms with Crippen LogP contribution in [-0.4, -0.2) is 57.3 Å². The van der Waals surface area contributed by atoms with E-state index in [-0.39, 0.29) is 0 Å². The van der Waals surface area contributed by atoms with Gasteiger partial charge in [0.05, 0.1) is 13.7 Å². The highest BCUT2D eigenvalue weighted by atomic mass is 16.5. The van der Waals surface area contributed by atoms with Crippen molar-refractivity contribution in [3.63, 3.8) is 0 Å². The molecular formula is C23H32N4O2. The fourth-order valence-electron chi connectivity index (χ4n) is 3.48. The highest BCUT2D eigenvalue weighted by molar-refractivity contribution is 5.79. The van der Waals surface area contributed by atoms with Crippen LogP contribution in [0.25, 0.3) is 0 Å². The fraction of sp³-hybridized carbons (Fsp3) is 0.435. The number of hydrogen-bond acceptors (Lipinski definition) is 4. The van der Waals surface area contributed by atoms with Crippen LogP contribution in [0.3, 0.4) is 0 Å². The van der Waals surface area contributed by atoms with E-state index in [1.807, 2.05) is 31.3 Å². The van der Waals surface area contributed by atoms with Crippen molar-refractivity contribution in [3.8, 4) is 11.5 Å². The van der Waals surface area contributed by atoms with Gasteiger partial charge in [-0.1, -0.05) is 30.3 Å². The first kappa shape index (κ1) is 21.0. The van der Waals surface area contributed by atoms with Crippen LogP contribution < -0.4 is 20.1 Å². The zero-order chi connectivity index (χ0) is 20.3. The molecule has 0 spiro atoms. The molecule has 2 aromatic carbocycles. The van der Waals surface area contributed by atoms with Crippen LogP contribution >= 0.6 is 0 Å². The van der Waals surface area contributed by atoms with Gasteiger partial charge in [-0.25, -0.2) is 0 Å². The summed E-state index contributed by atoms with van der Waals surface area (Å²) in [5, 5.41) is 6.88. The van der Waals surface area contributed by atoms with E-state index in [2.05, 4.69) is 50.9 Å². The highest BCUT2D eigenvalue weighted by Crippen LogP contribution is 2.17. The first-order valence-electron chi connectivity index (χ1n) is 10.3.